The van der Waals surface area contributed by atoms with E-state index in [0.717, 1.165) is 22.4 Å². The van der Waals surface area contributed by atoms with Gasteiger partial charge in [-0.3, -0.25) is 4.79 Å². The summed E-state index contributed by atoms with van der Waals surface area (Å²) in [6.07, 6.45) is 0. The molecule has 1 amide bonds. The Morgan fingerprint density at radius 2 is 1.87 bits per heavy atom. The number of amides is 1. The highest BCUT2D eigenvalue weighted by Crippen LogP contribution is 2.19. The first-order valence-electron chi connectivity index (χ1n) is 7.73. The van der Waals surface area contributed by atoms with Crippen molar-refractivity contribution in [1.82, 2.24) is 4.90 Å². The van der Waals surface area contributed by atoms with E-state index in [0.29, 0.717) is 13.1 Å². The summed E-state index contributed by atoms with van der Waals surface area (Å²) in [6.45, 7) is 4.61. The lowest BCUT2D eigenvalue weighted by atomic mass is 10.1. The van der Waals surface area contributed by atoms with Gasteiger partial charge in [-0.2, -0.15) is 0 Å². The molecule has 0 fully saturated rings. The van der Waals surface area contributed by atoms with Crippen molar-refractivity contribution >= 4 is 5.91 Å². The predicted molar refractivity (Wildman–Crippen MR) is 90.4 cm³/mol. The Morgan fingerprint density at radius 1 is 1.13 bits per heavy atom. The van der Waals surface area contributed by atoms with Crippen LogP contribution in [0.4, 0.5) is 0 Å². The number of hydrogen-bond acceptors (Lipinski definition) is 3. The van der Waals surface area contributed by atoms with Crippen LogP contribution in [-0.4, -0.2) is 35.7 Å². The molecule has 2 rings (SSSR count). The molecule has 0 aliphatic rings. The largest absolute Gasteiger partial charge is 0.483 e. The lowest BCUT2D eigenvalue weighted by Gasteiger charge is -2.22. The quantitative estimate of drug-likeness (QED) is 0.855. The van der Waals surface area contributed by atoms with Gasteiger partial charge in [-0.15, -0.1) is 0 Å². The fraction of sp³-hybridized carbons (Fsp3) is 0.316. The monoisotopic (exact) mass is 313 g/mol. The summed E-state index contributed by atoms with van der Waals surface area (Å²) in [5, 5.41) is 9.19. The second kappa shape index (κ2) is 8.34. The van der Waals surface area contributed by atoms with Gasteiger partial charge in [0.05, 0.1) is 6.61 Å². The van der Waals surface area contributed by atoms with Crippen LogP contribution in [-0.2, 0) is 11.3 Å². The van der Waals surface area contributed by atoms with E-state index >= 15 is 0 Å². The summed E-state index contributed by atoms with van der Waals surface area (Å²) in [5.41, 5.74) is 3.12. The zero-order valence-corrected chi connectivity index (χ0v) is 13.7. The molecule has 0 saturated carbocycles. The van der Waals surface area contributed by atoms with E-state index in [1.54, 1.807) is 4.90 Å². The number of nitrogens with zero attached hydrogens (tertiary/aromatic N) is 1. The van der Waals surface area contributed by atoms with E-state index < -0.39 is 0 Å². The molecule has 4 nitrogen and oxygen atoms in total. The molecule has 0 heterocycles. The molecule has 0 unspecified atom stereocenters. The number of aryl methyl sites for hydroxylation is 2. The predicted octanol–water partition coefficient (Wildman–Crippen LogP) is 2.70. The smallest absolute Gasteiger partial charge is 0.260 e. The van der Waals surface area contributed by atoms with E-state index in [1.807, 2.05) is 62.4 Å². The van der Waals surface area contributed by atoms with Gasteiger partial charge in [0.25, 0.3) is 5.91 Å². The molecule has 0 aliphatic heterocycles. The van der Waals surface area contributed by atoms with Gasteiger partial charge in [-0.25, -0.2) is 0 Å². The highest BCUT2D eigenvalue weighted by Gasteiger charge is 2.14. The molecule has 122 valence electrons. The third-order valence-electron chi connectivity index (χ3n) is 3.63. The molecule has 0 atom stereocenters. The highest BCUT2D eigenvalue weighted by molar-refractivity contribution is 5.77. The third kappa shape index (κ3) is 5.11. The standard InChI is InChI=1S/C19H23NO3/c1-15-8-9-16(2)18(12-15)23-14-19(22)20(10-11-21)13-17-6-4-3-5-7-17/h3-9,12,21H,10-11,13-14H2,1-2H3. The van der Waals surface area contributed by atoms with Crippen molar-refractivity contribution < 1.29 is 14.6 Å². The lowest BCUT2D eigenvalue weighted by Crippen LogP contribution is -2.36. The van der Waals surface area contributed by atoms with Crippen LogP contribution in [0.15, 0.2) is 48.5 Å². The molecular weight excluding hydrogens is 290 g/mol. The molecule has 0 spiro atoms. The molecule has 2 aromatic carbocycles. The number of carbonyl (C=O) groups excluding carboxylic acids is 1. The van der Waals surface area contributed by atoms with Crippen molar-refractivity contribution in [1.29, 1.82) is 0 Å². The average molecular weight is 313 g/mol. The molecule has 0 radical (unpaired) electrons. The first-order chi connectivity index (χ1) is 11.1. The number of rotatable bonds is 7. The van der Waals surface area contributed by atoms with Crippen molar-refractivity contribution in [2.45, 2.75) is 20.4 Å². The third-order valence-corrected chi connectivity index (χ3v) is 3.63. The maximum Gasteiger partial charge on any atom is 0.260 e. The zero-order valence-electron chi connectivity index (χ0n) is 13.7. The molecule has 23 heavy (non-hydrogen) atoms. The molecule has 0 aliphatic carbocycles. The summed E-state index contributed by atoms with van der Waals surface area (Å²) in [5.74, 6) is 0.589. The summed E-state index contributed by atoms with van der Waals surface area (Å²) in [4.78, 5) is 14.0. The SMILES string of the molecule is Cc1ccc(C)c(OCC(=O)N(CCO)Cc2ccccc2)c1. The summed E-state index contributed by atoms with van der Waals surface area (Å²) in [7, 11) is 0. The Hall–Kier alpha value is -2.33. The van der Waals surface area contributed by atoms with Crippen LogP contribution in [0.3, 0.4) is 0 Å². The Balaban J connectivity index is 1.99. The second-order valence-electron chi connectivity index (χ2n) is 5.58. The number of aliphatic hydroxyl groups is 1. The second-order valence-corrected chi connectivity index (χ2v) is 5.58. The number of carbonyl (C=O) groups is 1. The molecule has 0 bridgehead atoms. The zero-order chi connectivity index (χ0) is 16.7. The minimum absolute atomic E-state index is 0.0306. The summed E-state index contributed by atoms with van der Waals surface area (Å²) >= 11 is 0. The van der Waals surface area contributed by atoms with Crippen molar-refractivity contribution in [2.75, 3.05) is 19.8 Å². The summed E-state index contributed by atoms with van der Waals surface area (Å²) < 4.78 is 5.67. The van der Waals surface area contributed by atoms with Gasteiger partial charge in [-0.1, -0.05) is 42.5 Å². The van der Waals surface area contributed by atoms with Crippen molar-refractivity contribution in [3.05, 3.63) is 65.2 Å². The first-order valence-corrected chi connectivity index (χ1v) is 7.73. The van der Waals surface area contributed by atoms with Crippen molar-refractivity contribution in [2.24, 2.45) is 0 Å². The fourth-order valence-corrected chi connectivity index (χ4v) is 2.31. The van der Waals surface area contributed by atoms with Crippen LogP contribution in [0.25, 0.3) is 0 Å². The van der Waals surface area contributed by atoms with E-state index in [-0.39, 0.29) is 19.1 Å². The van der Waals surface area contributed by atoms with Crippen LogP contribution in [0.1, 0.15) is 16.7 Å². The topological polar surface area (TPSA) is 49.8 Å². The summed E-state index contributed by atoms with van der Waals surface area (Å²) in [6, 6.07) is 15.6. The molecule has 1 N–H and O–H groups in total. The molecule has 4 heteroatoms. The number of aliphatic hydroxyl groups excluding tert-OH is 1. The van der Waals surface area contributed by atoms with E-state index in [1.165, 1.54) is 0 Å². The maximum atomic E-state index is 12.4. The number of ether oxygens (including phenoxy) is 1. The Labute approximate surface area is 137 Å². The van der Waals surface area contributed by atoms with Crippen molar-refractivity contribution in [3.8, 4) is 5.75 Å². The highest BCUT2D eigenvalue weighted by atomic mass is 16.5. The van der Waals surface area contributed by atoms with Crippen LogP contribution >= 0.6 is 0 Å². The van der Waals surface area contributed by atoms with Crippen LogP contribution < -0.4 is 4.74 Å². The Morgan fingerprint density at radius 3 is 2.57 bits per heavy atom. The van der Waals surface area contributed by atoms with E-state index in [2.05, 4.69) is 0 Å². The van der Waals surface area contributed by atoms with Crippen LogP contribution in [0.2, 0.25) is 0 Å². The first kappa shape index (κ1) is 17.0. The number of hydrogen-bond donors (Lipinski definition) is 1. The van der Waals surface area contributed by atoms with Gasteiger partial charge in [-0.05, 0) is 36.6 Å². The Bertz CT molecular complexity index is 640. The van der Waals surface area contributed by atoms with Gasteiger partial charge in [0.15, 0.2) is 6.61 Å². The minimum Gasteiger partial charge on any atom is -0.483 e. The fourth-order valence-electron chi connectivity index (χ4n) is 2.31. The molecule has 2 aromatic rings. The van der Waals surface area contributed by atoms with Gasteiger partial charge in [0.1, 0.15) is 5.75 Å². The Kier molecular flexibility index (Phi) is 6.18. The van der Waals surface area contributed by atoms with Crippen molar-refractivity contribution in [3.63, 3.8) is 0 Å². The van der Waals surface area contributed by atoms with E-state index in [4.69, 9.17) is 4.74 Å². The average Bonchev–Trinajstić information content (AvgIpc) is 2.56. The lowest BCUT2D eigenvalue weighted by molar-refractivity contribution is -0.134. The van der Waals surface area contributed by atoms with Gasteiger partial charge in [0.2, 0.25) is 0 Å². The normalized spacial score (nSPS) is 10.4. The van der Waals surface area contributed by atoms with Crippen LogP contribution in [0.5, 0.6) is 5.75 Å². The maximum absolute atomic E-state index is 12.4. The van der Waals surface area contributed by atoms with Gasteiger partial charge >= 0.3 is 0 Å². The number of benzene rings is 2. The molecule has 0 aromatic heterocycles. The molecule has 0 saturated heterocycles. The van der Waals surface area contributed by atoms with Gasteiger partial charge < -0.3 is 14.7 Å². The van der Waals surface area contributed by atoms with Gasteiger partial charge in [0, 0.05) is 13.1 Å². The minimum atomic E-state index is -0.135. The van der Waals surface area contributed by atoms with E-state index in [9.17, 15) is 9.90 Å². The molecular formula is C19H23NO3. The van der Waals surface area contributed by atoms with Crippen LogP contribution in [0, 0.1) is 13.8 Å².